The van der Waals surface area contributed by atoms with Gasteiger partial charge in [0, 0.05) is 5.75 Å². The summed E-state index contributed by atoms with van der Waals surface area (Å²) in [5.41, 5.74) is 0. The Morgan fingerprint density at radius 2 is 2.56 bits per heavy atom. The van der Waals surface area contributed by atoms with E-state index in [-0.39, 0.29) is 17.9 Å². The maximum absolute atomic E-state index is 10.3. The van der Waals surface area contributed by atoms with E-state index in [2.05, 4.69) is 5.32 Å². The zero-order valence-electron chi connectivity index (χ0n) is 4.96. The molecular formula is C5H9NO2S. The van der Waals surface area contributed by atoms with Crippen molar-refractivity contribution in [3.8, 4) is 0 Å². The van der Waals surface area contributed by atoms with Crippen LogP contribution in [0.15, 0.2) is 0 Å². The van der Waals surface area contributed by atoms with Crippen molar-refractivity contribution in [3.05, 3.63) is 0 Å². The Labute approximate surface area is 57.8 Å². The van der Waals surface area contributed by atoms with Crippen LogP contribution in [0.4, 0.5) is 0 Å². The molecule has 0 aliphatic carbocycles. The molecule has 0 radical (unpaired) electrons. The number of rotatable bonds is 3. The number of hydrogen-bond donors (Lipinski definition) is 2. The highest BCUT2D eigenvalue weighted by atomic mass is 32.2. The molecule has 1 aliphatic heterocycles. The van der Waals surface area contributed by atoms with Crippen LogP contribution in [0, 0.1) is 0 Å². The first kappa shape index (κ1) is 6.89. The fourth-order valence-corrected chi connectivity index (χ4v) is 1.50. The van der Waals surface area contributed by atoms with Crippen molar-refractivity contribution in [2.75, 3.05) is 12.4 Å². The SMILES string of the molecule is O=C1C[C@@H](SCCO)N1. The van der Waals surface area contributed by atoms with Crippen LogP contribution < -0.4 is 5.32 Å². The van der Waals surface area contributed by atoms with Crippen LogP contribution in [0.25, 0.3) is 0 Å². The van der Waals surface area contributed by atoms with Crippen LogP contribution in [0.1, 0.15) is 6.42 Å². The molecule has 0 saturated carbocycles. The van der Waals surface area contributed by atoms with Crippen LogP contribution >= 0.6 is 11.8 Å². The first-order chi connectivity index (χ1) is 4.33. The highest BCUT2D eigenvalue weighted by molar-refractivity contribution is 8.00. The molecule has 1 aliphatic rings. The average molecular weight is 147 g/mol. The van der Waals surface area contributed by atoms with Gasteiger partial charge in [-0.15, -0.1) is 11.8 Å². The maximum atomic E-state index is 10.3. The molecule has 2 N–H and O–H groups in total. The quantitative estimate of drug-likeness (QED) is 0.532. The van der Waals surface area contributed by atoms with E-state index in [4.69, 9.17) is 5.11 Å². The van der Waals surface area contributed by atoms with Gasteiger partial charge in [-0.3, -0.25) is 4.79 Å². The number of thioether (sulfide) groups is 1. The van der Waals surface area contributed by atoms with Gasteiger partial charge in [-0.1, -0.05) is 0 Å². The molecule has 9 heavy (non-hydrogen) atoms. The molecule has 4 heteroatoms. The van der Waals surface area contributed by atoms with E-state index in [1.54, 1.807) is 11.8 Å². The van der Waals surface area contributed by atoms with Crippen LogP contribution in [-0.2, 0) is 4.79 Å². The van der Waals surface area contributed by atoms with E-state index >= 15 is 0 Å². The number of hydrogen-bond acceptors (Lipinski definition) is 3. The molecule has 1 rings (SSSR count). The van der Waals surface area contributed by atoms with Gasteiger partial charge < -0.3 is 10.4 Å². The Morgan fingerprint density at radius 3 is 3.00 bits per heavy atom. The van der Waals surface area contributed by atoms with Crippen molar-refractivity contribution in [1.29, 1.82) is 0 Å². The molecule has 1 fully saturated rings. The molecule has 1 amide bonds. The summed E-state index contributed by atoms with van der Waals surface area (Å²) >= 11 is 1.58. The number of carbonyl (C=O) groups excluding carboxylic acids is 1. The summed E-state index contributed by atoms with van der Waals surface area (Å²) in [6.07, 6.45) is 0.616. The number of aliphatic hydroxyl groups is 1. The molecule has 3 nitrogen and oxygen atoms in total. The average Bonchev–Trinajstić information content (AvgIpc) is 1.78. The Hall–Kier alpha value is -0.220. The van der Waals surface area contributed by atoms with Crippen LogP contribution in [0.5, 0.6) is 0 Å². The van der Waals surface area contributed by atoms with Gasteiger partial charge in [0.25, 0.3) is 0 Å². The van der Waals surface area contributed by atoms with Crippen LogP contribution in [-0.4, -0.2) is 28.7 Å². The fraction of sp³-hybridized carbons (Fsp3) is 0.800. The number of aliphatic hydroxyl groups excluding tert-OH is 1. The van der Waals surface area contributed by atoms with E-state index in [0.717, 1.165) is 0 Å². The first-order valence-corrected chi connectivity index (χ1v) is 3.89. The molecule has 1 heterocycles. The summed E-state index contributed by atoms with van der Waals surface area (Å²) in [5, 5.41) is 11.3. The Balaban J connectivity index is 1.97. The molecule has 0 bridgehead atoms. The van der Waals surface area contributed by atoms with Crippen LogP contribution in [0.2, 0.25) is 0 Å². The third-order valence-corrected chi connectivity index (χ3v) is 2.21. The Morgan fingerprint density at radius 1 is 1.89 bits per heavy atom. The zero-order chi connectivity index (χ0) is 6.69. The van der Waals surface area contributed by atoms with Gasteiger partial charge in [0.05, 0.1) is 18.4 Å². The van der Waals surface area contributed by atoms with Crippen molar-refractivity contribution >= 4 is 17.7 Å². The van der Waals surface area contributed by atoms with Gasteiger partial charge in [-0.2, -0.15) is 0 Å². The molecule has 0 aromatic carbocycles. The smallest absolute Gasteiger partial charge is 0.223 e. The summed E-state index contributed by atoms with van der Waals surface area (Å²) in [5.74, 6) is 0.829. The third kappa shape index (κ3) is 1.87. The largest absolute Gasteiger partial charge is 0.396 e. The molecular weight excluding hydrogens is 138 g/mol. The predicted octanol–water partition coefficient (Wildman–Crippen LogP) is -0.442. The predicted molar refractivity (Wildman–Crippen MR) is 36.1 cm³/mol. The maximum Gasteiger partial charge on any atom is 0.223 e. The number of carbonyl (C=O) groups is 1. The minimum atomic E-state index is 0.116. The van der Waals surface area contributed by atoms with Gasteiger partial charge in [0.2, 0.25) is 5.91 Å². The fourth-order valence-electron chi connectivity index (χ4n) is 0.622. The number of β-lactam (4-membered cyclic amide) rings is 1. The number of amides is 1. The molecule has 52 valence electrons. The lowest BCUT2D eigenvalue weighted by Gasteiger charge is -2.25. The second-order valence-corrected chi connectivity index (χ2v) is 3.17. The van der Waals surface area contributed by atoms with Crippen molar-refractivity contribution in [2.24, 2.45) is 0 Å². The van der Waals surface area contributed by atoms with E-state index in [9.17, 15) is 4.79 Å². The summed E-state index contributed by atoms with van der Waals surface area (Å²) in [7, 11) is 0. The molecule has 1 saturated heterocycles. The van der Waals surface area contributed by atoms with Gasteiger partial charge in [0.1, 0.15) is 0 Å². The minimum absolute atomic E-state index is 0.116. The van der Waals surface area contributed by atoms with Crippen molar-refractivity contribution < 1.29 is 9.90 Å². The zero-order valence-corrected chi connectivity index (χ0v) is 5.78. The number of nitrogens with one attached hydrogen (secondary N) is 1. The van der Waals surface area contributed by atoms with Gasteiger partial charge >= 0.3 is 0 Å². The third-order valence-electron chi connectivity index (χ3n) is 1.10. The molecule has 0 spiro atoms. The summed E-state index contributed by atoms with van der Waals surface area (Å²) < 4.78 is 0. The highest BCUT2D eigenvalue weighted by Gasteiger charge is 2.24. The molecule has 0 aromatic rings. The molecule has 0 aromatic heterocycles. The van der Waals surface area contributed by atoms with E-state index < -0.39 is 0 Å². The minimum Gasteiger partial charge on any atom is -0.396 e. The Bertz CT molecular complexity index is 110. The van der Waals surface area contributed by atoms with E-state index in [1.807, 2.05) is 0 Å². The summed E-state index contributed by atoms with van der Waals surface area (Å²) in [6, 6.07) is 0. The first-order valence-electron chi connectivity index (χ1n) is 2.85. The molecule has 1 atom stereocenters. The van der Waals surface area contributed by atoms with Crippen molar-refractivity contribution in [3.63, 3.8) is 0 Å². The highest BCUT2D eigenvalue weighted by Crippen LogP contribution is 2.17. The second-order valence-electron chi connectivity index (χ2n) is 1.85. The van der Waals surface area contributed by atoms with Crippen molar-refractivity contribution in [2.45, 2.75) is 11.8 Å². The lowest BCUT2D eigenvalue weighted by Crippen LogP contribution is -2.46. The lowest BCUT2D eigenvalue weighted by atomic mass is 10.3. The topological polar surface area (TPSA) is 49.3 Å². The molecule has 0 unspecified atom stereocenters. The summed E-state index contributed by atoms with van der Waals surface area (Å²) in [4.78, 5) is 10.3. The van der Waals surface area contributed by atoms with Crippen molar-refractivity contribution in [1.82, 2.24) is 5.32 Å². The standard InChI is InChI=1S/C5H9NO2S/c7-1-2-9-5-3-4(8)6-5/h5,7H,1-3H2,(H,6,8)/t5-/m1/s1. The summed E-state index contributed by atoms with van der Waals surface area (Å²) in [6.45, 7) is 0.192. The normalized spacial score (nSPS) is 25.0. The van der Waals surface area contributed by atoms with Gasteiger partial charge in [-0.05, 0) is 0 Å². The Kier molecular flexibility index (Phi) is 2.36. The second kappa shape index (κ2) is 3.08. The van der Waals surface area contributed by atoms with E-state index in [1.165, 1.54) is 0 Å². The monoisotopic (exact) mass is 147 g/mol. The van der Waals surface area contributed by atoms with Gasteiger partial charge in [-0.25, -0.2) is 0 Å². The van der Waals surface area contributed by atoms with Crippen LogP contribution in [0.3, 0.4) is 0 Å². The van der Waals surface area contributed by atoms with E-state index in [0.29, 0.717) is 12.2 Å². The van der Waals surface area contributed by atoms with Gasteiger partial charge in [0.15, 0.2) is 0 Å². The lowest BCUT2D eigenvalue weighted by molar-refractivity contribution is -0.126.